The number of hydrogen-bond acceptors (Lipinski definition) is 5. The number of amides is 2. The molecule has 242 valence electrons. The van der Waals surface area contributed by atoms with Crippen LogP contribution in [-0.4, -0.2) is 50.9 Å². The number of ether oxygens (including phenoxy) is 1. The predicted octanol–water partition coefficient (Wildman–Crippen LogP) is 6.75. The zero-order valence-corrected chi connectivity index (χ0v) is 28.2. The first-order valence-corrected chi connectivity index (χ1v) is 17.0. The molecule has 0 saturated carbocycles. The van der Waals surface area contributed by atoms with Crippen molar-refractivity contribution in [1.82, 2.24) is 10.2 Å². The van der Waals surface area contributed by atoms with Gasteiger partial charge in [0.05, 0.1) is 27.7 Å². The topological polar surface area (TPSA) is 96.0 Å². The lowest BCUT2D eigenvalue weighted by atomic mass is 10.0. The number of benzene rings is 4. The van der Waals surface area contributed by atoms with E-state index >= 15 is 0 Å². The first-order valence-electron chi connectivity index (χ1n) is 14.8. The molecule has 4 aromatic rings. The smallest absolute Gasteiger partial charge is 0.264 e. The van der Waals surface area contributed by atoms with E-state index < -0.39 is 28.5 Å². The van der Waals surface area contributed by atoms with E-state index in [0.717, 1.165) is 9.87 Å². The van der Waals surface area contributed by atoms with Crippen LogP contribution in [-0.2, 0) is 32.6 Å². The van der Waals surface area contributed by atoms with Gasteiger partial charge in [-0.15, -0.1) is 0 Å². The zero-order valence-electron chi connectivity index (χ0n) is 25.9. The fraction of sp³-hybridized carbons (Fsp3) is 0.257. The molecule has 0 bridgehead atoms. The van der Waals surface area contributed by atoms with Crippen molar-refractivity contribution in [2.45, 2.75) is 50.2 Å². The number of halogens is 2. The van der Waals surface area contributed by atoms with Gasteiger partial charge in [0.1, 0.15) is 18.3 Å². The molecule has 0 heterocycles. The number of methoxy groups -OCH3 is 1. The summed E-state index contributed by atoms with van der Waals surface area (Å²) in [6.45, 7) is 3.20. The molecule has 1 N–H and O–H groups in total. The van der Waals surface area contributed by atoms with E-state index in [4.69, 9.17) is 27.9 Å². The Morgan fingerprint density at radius 2 is 1.50 bits per heavy atom. The van der Waals surface area contributed by atoms with Crippen molar-refractivity contribution in [3.63, 3.8) is 0 Å². The molecule has 2 atom stereocenters. The highest BCUT2D eigenvalue weighted by Gasteiger charge is 2.35. The largest absolute Gasteiger partial charge is 0.497 e. The van der Waals surface area contributed by atoms with E-state index in [9.17, 15) is 18.0 Å². The van der Waals surface area contributed by atoms with Gasteiger partial charge in [0.25, 0.3) is 10.0 Å². The number of nitrogens with zero attached hydrogens (tertiary/aromatic N) is 2. The molecule has 8 nitrogen and oxygen atoms in total. The summed E-state index contributed by atoms with van der Waals surface area (Å²) in [7, 11) is -2.77. The lowest BCUT2D eigenvalue weighted by Gasteiger charge is -2.34. The van der Waals surface area contributed by atoms with E-state index in [-0.39, 0.29) is 45.5 Å². The zero-order chi connectivity index (χ0) is 33.3. The summed E-state index contributed by atoms with van der Waals surface area (Å²) >= 11 is 12.9. The molecule has 4 rings (SSSR count). The summed E-state index contributed by atoms with van der Waals surface area (Å²) in [5.41, 5.74) is 1.57. The second-order valence-corrected chi connectivity index (χ2v) is 13.4. The Morgan fingerprint density at radius 1 is 0.870 bits per heavy atom. The minimum Gasteiger partial charge on any atom is -0.497 e. The maximum absolute atomic E-state index is 14.6. The quantitative estimate of drug-likeness (QED) is 0.159. The summed E-state index contributed by atoms with van der Waals surface area (Å²) in [4.78, 5) is 29.9. The first-order chi connectivity index (χ1) is 22.0. The highest BCUT2D eigenvalue weighted by atomic mass is 35.5. The number of hydrogen-bond donors (Lipinski definition) is 1. The van der Waals surface area contributed by atoms with E-state index in [0.29, 0.717) is 17.7 Å². The van der Waals surface area contributed by atoms with Crippen LogP contribution >= 0.6 is 23.2 Å². The molecule has 0 aliphatic rings. The van der Waals surface area contributed by atoms with Crippen molar-refractivity contribution in [3.05, 3.63) is 124 Å². The van der Waals surface area contributed by atoms with E-state index in [1.54, 1.807) is 49.6 Å². The number of carbonyl (C=O) groups is 2. The SMILES string of the molecule is CCC(C)NC(=O)C(Cc1ccccc1)N(Cc1cccc(OC)c1)C(=O)CN(c1cccc(Cl)c1Cl)S(=O)(=O)c1ccccc1. The standard InChI is InChI=1S/C35H37Cl2N3O5S/c1-4-25(2)38-35(42)32(22-26-13-7-5-8-14-26)39(23-27-15-11-16-28(21-27)45-3)33(41)24-40(31-20-12-19-30(36)34(31)37)46(43,44)29-17-9-6-10-18-29/h5-21,25,32H,4,22-24H2,1-3H3,(H,38,42). The predicted molar refractivity (Wildman–Crippen MR) is 183 cm³/mol. The van der Waals surface area contributed by atoms with Gasteiger partial charge < -0.3 is 15.0 Å². The van der Waals surface area contributed by atoms with Crippen molar-refractivity contribution in [3.8, 4) is 5.75 Å². The molecule has 0 saturated heterocycles. The lowest BCUT2D eigenvalue weighted by molar-refractivity contribution is -0.140. The van der Waals surface area contributed by atoms with Crippen LogP contribution in [0.15, 0.2) is 108 Å². The number of anilines is 1. The molecule has 2 unspecified atom stereocenters. The van der Waals surface area contributed by atoms with Gasteiger partial charge in [0.2, 0.25) is 11.8 Å². The van der Waals surface area contributed by atoms with Crippen LogP contribution in [0, 0.1) is 0 Å². The molecule has 0 radical (unpaired) electrons. The minimum absolute atomic E-state index is 0.00393. The van der Waals surface area contributed by atoms with Gasteiger partial charge >= 0.3 is 0 Å². The molecule has 0 aliphatic heterocycles. The Hall–Kier alpha value is -4.05. The Bertz CT molecular complexity index is 1740. The fourth-order valence-corrected chi connectivity index (χ4v) is 6.78. The number of carbonyl (C=O) groups excluding carboxylic acids is 2. The molecule has 0 spiro atoms. The van der Waals surface area contributed by atoms with Crippen molar-refractivity contribution in [2.24, 2.45) is 0 Å². The van der Waals surface area contributed by atoms with Gasteiger partial charge in [-0.3, -0.25) is 13.9 Å². The third kappa shape index (κ3) is 8.60. The van der Waals surface area contributed by atoms with Gasteiger partial charge in [-0.05, 0) is 60.9 Å². The van der Waals surface area contributed by atoms with Crippen molar-refractivity contribution >= 4 is 50.7 Å². The molecule has 4 aromatic carbocycles. The number of sulfonamides is 1. The molecule has 0 fully saturated rings. The Kier molecular flexibility index (Phi) is 12.1. The summed E-state index contributed by atoms with van der Waals surface area (Å²) in [6, 6.07) is 27.8. The van der Waals surface area contributed by atoms with Crippen LogP contribution in [0.3, 0.4) is 0 Å². The number of nitrogens with one attached hydrogen (secondary N) is 1. The summed E-state index contributed by atoms with van der Waals surface area (Å²) in [5.74, 6) is -0.390. The molecule has 11 heteroatoms. The Labute approximate surface area is 280 Å². The Balaban J connectivity index is 1.84. The van der Waals surface area contributed by atoms with E-state index in [2.05, 4.69) is 5.32 Å². The second-order valence-electron chi connectivity index (χ2n) is 10.8. The maximum Gasteiger partial charge on any atom is 0.264 e. The van der Waals surface area contributed by atoms with Crippen LogP contribution in [0.25, 0.3) is 0 Å². The number of rotatable bonds is 14. The van der Waals surface area contributed by atoms with E-state index in [1.165, 1.54) is 29.2 Å². The summed E-state index contributed by atoms with van der Waals surface area (Å²) in [6.07, 6.45) is 0.881. The minimum atomic E-state index is -4.31. The van der Waals surface area contributed by atoms with Crippen LogP contribution in [0.2, 0.25) is 10.0 Å². The average Bonchev–Trinajstić information content (AvgIpc) is 3.07. The van der Waals surface area contributed by atoms with Gasteiger partial charge in [-0.2, -0.15) is 0 Å². The van der Waals surface area contributed by atoms with Crippen molar-refractivity contribution in [1.29, 1.82) is 0 Å². The van der Waals surface area contributed by atoms with Gasteiger partial charge in [0.15, 0.2) is 0 Å². The van der Waals surface area contributed by atoms with Crippen molar-refractivity contribution in [2.75, 3.05) is 18.0 Å². The monoisotopic (exact) mass is 681 g/mol. The third-order valence-electron chi connectivity index (χ3n) is 7.57. The third-order valence-corrected chi connectivity index (χ3v) is 10.2. The highest BCUT2D eigenvalue weighted by Crippen LogP contribution is 2.35. The molecule has 46 heavy (non-hydrogen) atoms. The van der Waals surface area contributed by atoms with Crippen LogP contribution in [0.1, 0.15) is 31.4 Å². The van der Waals surface area contributed by atoms with Crippen molar-refractivity contribution < 1.29 is 22.7 Å². The van der Waals surface area contributed by atoms with Gasteiger partial charge in [-0.25, -0.2) is 8.42 Å². The van der Waals surface area contributed by atoms with E-state index in [1.807, 2.05) is 50.2 Å². The second kappa shape index (κ2) is 16.0. The average molecular weight is 683 g/mol. The molecule has 0 aliphatic carbocycles. The maximum atomic E-state index is 14.6. The lowest BCUT2D eigenvalue weighted by Crippen LogP contribution is -2.54. The van der Waals surface area contributed by atoms with Gasteiger partial charge in [-0.1, -0.05) is 96.9 Å². The van der Waals surface area contributed by atoms with Crippen LogP contribution in [0.4, 0.5) is 5.69 Å². The summed E-state index contributed by atoms with van der Waals surface area (Å²) < 4.78 is 34.6. The first kappa shape index (κ1) is 34.8. The normalized spacial score (nSPS) is 12.5. The summed E-state index contributed by atoms with van der Waals surface area (Å²) in [5, 5.41) is 3.13. The molecular formula is C35H37Cl2N3O5S. The Morgan fingerprint density at radius 3 is 2.15 bits per heavy atom. The van der Waals surface area contributed by atoms with Crippen LogP contribution < -0.4 is 14.4 Å². The highest BCUT2D eigenvalue weighted by molar-refractivity contribution is 7.92. The molecular weight excluding hydrogens is 645 g/mol. The molecule has 0 aromatic heterocycles. The van der Waals surface area contributed by atoms with Crippen LogP contribution in [0.5, 0.6) is 5.75 Å². The molecule has 2 amide bonds. The van der Waals surface area contributed by atoms with Gasteiger partial charge in [0, 0.05) is 19.0 Å². The fourth-order valence-electron chi connectivity index (χ4n) is 4.88.